The van der Waals surface area contributed by atoms with Gasteiger partial charge in [-0.1, -0.05) is 18.9 Å². The number of benzene rings is 1. The van der Waals surface area contributed by atoms with Crippen molar-refractivity contribution in [3.63, 3.8) is 0 Å². The Labute approximate surface area is 194 Å². The number of piperazine rings is 1. The molecule has 5 nitrogen and oxygen atoms in total. The number of unbranched alkanes of at least 4 members (excludes halogenated alkanes) is 1. The highest BCUT2D eigenvalue weighted by Gasteiger charge is 2.31. The number of nitrogens with one attached hydrogen (secondary N) is 1. The fourth-order valence-electron chi connectivity index (χ4n) is 5.08. The van der Waals surface area contributed by atoms with Crippen LogP contribution in [-0.2, 0) is 12.7 Å². The number of aryl methyl sites for hydroxylation is 1. The molecule has 1 saturated carbocycles. The van der Waals surface area contributed by atoms with Gasteiger partial charge in [-0.25, -0.2) is 0 Å². The Bertz CT molecular complexity index is 880. The second kappa shape index (κ2) is 10.9. The topological polar surface area (TPSA) is 36.3 Å². The van der Waals surface area contributed by atoms with E-state index in [4.69, 9.17) is 5.10 Å². The SMILES string of the molecule is Cc1cc(CNCCCCN2CCN(c3cccc(C(F)(F)F)c3)CC2)n(C2CCCC2)n1. The fraction of sp³-hybridized carbons (Fsp3) is 0.640. The third-order valence-corrected chi connectivity index (χ3v) is 6.90. The minimum absolute atomic E-state index is 0.573. The maximum Gasteiger partial charge on any atom is 0.416 e. The zero-order valence-electron chi connectivity index (χ0n) is 19.6. The van der Waals surface area contributed by atoms with Gasteiger partial charge in [-0.3, -0.25) is 9.58 Å². The summed E-state index contributed by atoms with van der Waals surface area (Å²) in [6.07, 6.45) is 3.06. The molecule has 4 rings (SSSR count). The van der Waals surface area contributed by atoms with Gasteiger partial charge in [0.1, 0.15) is 0 Å². The summed E-state index contributed by atoms with van der Waals surface area (Å²) in [5.74, 6) is 0. The van der Waals surface area contributed by atoms with Gasteiger partial charge in [-0.2, -0.15) is 18.3 Å². The lowest BCUT2D eigenvalue weighted by atomic mass is 10.1. The number of nitrogens with zero attached hydrogens (tertiary/aromatic N) is 4. The van der Waals surface area contributed by atoms with Crippen molar-refractivity contribution >= 4 is 5.69 Å². The summed E-state index contributed by atoms with van der Waals surface area (Å²) in [5.41, 5.74) is 2.49. The van der Waals surface area contributed by atoms with Gasteiger partial charge >= 0.3 is 6.18 Å². The molecule has 1 aliphatic heterocycles. The van der Waals surface area contributed by atoms with Crippen LogP contribution in [0.15, 0.2) is 30.3 Å². The van der Waals surface area contributed by atoms with E-state index < -0.39 is 11.7 Å². The lowest BCUT2D eigenvalue weighted by Crippen LogP contribution is -2.46. The van der Waals surface area contributed by atoms with Crippen LogP contribution >= 0.6 is 0 Å². The molecule has 0 atom stereocenters. The predicted octanol–water partition coefficient (Wildman–Crippen LogP) is 5.02. The molecule has 33 heavy (non-hydrogen) atoms. The molecule has 8 heteroatoms. The Hall–Kier alpha value is -2.06. The zero-order chi connectivity index (χ0) is 23.3. The third kappa shape index (κ3) is 6.51. The normalized spacial score (nSPS) is 18.4. The first kappa shape index (κ1) is 24.1. The van der Waals surface area contributed by atoms with E-state index in [1.54, 1.807) is 6.07 Å². The van der Waals surface area contributed by atoms with Gasteiger partial charge in [0.25, 0.3) is 0 Å². The first-order chi connectivity index (χ1) is 15.9. The van der Waals surface area contributed by atoms with Gasteiger partial charge in [0.05, 0.1) is 23.0 Å². The molecule has 1 aromatic heterocycles. The molecule has 2 heterocycles. The van der Waals surface area contributed by atoms with E-state index in [1.807, 2.05) is 0 Å². The Morgan fingerprint density at radius 1 is 1.03 bits per heavy atom. The van der Waals surface area contributed by atoms with E-state index >= 15 is 0 Å². The summed E-state index contributed by atoms with van der Waals surface area (Å²) in [6.45, 7) is 8.28. The Morgan fingerprint density at radius 3 is 2.52 bits per heavy atom. The van der Waals surface area contributed by atoms with Crippen molar-refractivity contribution in [3.05, 3.63) is 47.3 Å². The molecule has 0 amide bonds. The monoisotopic (exact) mass is 463 g/mol. The number of anilines is 1. The molecule has 2 aliphatic rings. The van der Waals surface area contributed by atoms with Crippen molar-refractivity contribution in [3.8, 4) is 0 Å². The number of alkyl halides is 3. The molecule has 1 N–H and O–H groups in total. The Balaban J connectivity index is 1.13. The molecule has 0 radical (unpaired) electrons. The second-order valence-corrected chi connectivity index (χ2v) is 9.42. The molecule has 0 spiro atoms. The van der Waals surface area contributed by atoms with Gasteiger partial charge in [0.15, 0.2) is 0 Å². The molecular formula is C25H36F3N5. The number of aromatic nitrogens is 2. The van der Waals surface area contributed by atoms with Gasteiger partial charge in [0.2, 0.25) is 0 Å². The highest BCUT2D eigenvalue weighted by molar-refractivity contribution is 5.49. The quantitative estimate of drug-likeness (QED) is 0.530. The maximum absolute atomic E-state index is 13.0. The zero-order valence-corrected chi connectivity index (χ0v) is 19.6. The molecule has 0 unspecified atom stereocenters. The third-order valence-electron chi connectivity index (χ3n) is 6.90. The van der Waals surface area contributed by atoms with Crippen LogP contribution in [-0.4, -0.2) is 53.9 Å². The van der Waals surface area contributed by atoms with Crippen molar-refractivity contribution in [2.24, 2.45) is 0 Å². The lowest BCUT2D eigenvalue weighted by molar-refractivity contribution is -0.137. The van der Waals surface area contributed by atoms with Crippen molar-refractivity contribution in [2.75, 3.05) is 44.2 Å². The standard InChI is InChI=1S/C25H36F3N5/c1-20-17-24(33(30-20)22-8-2-3-9-22)19-29-11-4-5-12-31-13-15-32(16-14-31)23-10-6-7-21(18-23)25(26,27)28/h6-7,10,17-18,22,29H,2-5,8-9,11-16,19H2,1H3. The fourth-order valence-corrected chi connectivity index (χ4v) is 5.08. The lowest BCUT2D eigenvalue weighted by Gasteiger charge is -2.36. The summed E-state index contributed by atoms with van der Waals surface area (Å²) >= 11 is 0. The van der Waals surface area contributed by atoms with Crippen molar-refractivity contribution < 1.29 is 13.2 Å². The maximum atomic E-state index is 13.0. The van der Waals surface area contributed by atoms with Crippen LogP contribution in [0.2, 0.25) is 0 Å². The number of hydrogen-bond donors (Lipinski definition) is 1. The van der Waals surface area contributed by atoms with Crippen LogP contribution in [0.3, 0.4) is 0 Å². The van der Waals surface area contributed by atoms with Crippen LogP contribution < -0.4 is 10.2 Å². The number of rotatable bonds is 9. The molecule has 1 saturated heterocycles. The van der Waals surface area contributed by atoms with Gasteiger partial charge in [-0.15, -0.1) is 0 Å². The molecule has 0 bridgehead atoms. The Morgan fingerprint density at radius 2 is 1.79 bits per heavy atom. The summed E-state index contributed by atoms with van der Waals surface area (Å²) in [4.78, 5) is 4.48. The summed E-state index contributed by atoms with van der Waals surface area (Å²) < 4.78 is 41.2. The molecule has 182 valence electrons. The first-order valence-electron chi connectivity index (χ1n) is 12.3. The van der Waals surface area contributed by atoms with E-state index in [0.717, 1.165) is 70.4 Å². The molecule has 1 aliphatic carbocycles. The van der Waals surface area contributed by atoms with Gasteiger partial charge in [-0.05, 0) is 70.0 Å². The minimum atomic E-state index is -4.29. The van der Waals surface area contributed by atoms with E-state index in [-0.39, 0.29) is 0 Å². The van der Waals surface area contributed by atoms with Crippen LogP contribution in [0.5, 0.6) is 0 Å². The predicted molar refractivity (Wildman–Crippen MR) is 126 cm³/mol. The number of hydrogen-bond acceptors (Lipinski definition) is 4. The Kier molecular flexibility index (Phi) is 7.96. The average molecular weight is 464 g/mol. The van der Waals surface area contributed by atoms with Crippen LogP contribution in [0, 0.1) is 6.92 Å². The molecule has 2 aromatic rings. The molecule has 1 aromatic carbocycles. The summed E-state index contributed by atoms with van der Waals surface area (Å²) in [7, 11) is 0. The van der Waals surface area contributed by atoms with E-state index in [0.29, 0.717) is 11.7 Å². The minimum Gasteiger partial charge on any atom is -0.369 e. The highest BCUT2D eigenvalue weighted by atomic mass is 19.4. The van der Waals surface area contributed by atoms with Crippen LogP contribution in [0.4, 0.5) is 18.9 Å². The van der Waals surface area contributed by atoms with Gasteiger partial charge < -0.3 is 10.2 Å². The second-order valence-electron chi connectivity index (χ2n) is 9.42. The highest BCUT2D eigenvalue weighted by Crippen LogP contribution is 2.32. The van der Waals surface area contributed by atoms with Crippen molar-refractivity contribution in [1.82, 2.24) is 20.0 Å². The van der Waals surface area contributed by atoms with Crippen LogP contribution in [0.1, 0.15) is 61.5 Å². The summed E-state index contributed by atoms with van der Waals surface area (Å²) in [5, 5.41) is 8.31. The van der Waals surface area contributed by atoms with Crippen molar-refractivity contribution in [2.45, 2.75) is 64.2 Å². The largest absolute Gasteiger partial charge is 0.416 e. The molecule has 2 fully saturated rings. The average Bonchev–Trinajstić information content (AvgIpc) is 3.45. The molecular weight excluding hydrogens is 427 g/mol. The van der Waals surface area contributed by atoms with Gasteiger partial charge in [0, 0.05) is 38.4 Å². The van der Waals surface area contributed by atoms with E-state index in [9.17, 15) is 13.2 Å². The number of halogens is 3. The van der Waals surface area contributed by atoms with E-state index in [2.05, 4.69) is 32.8 Å². The summed E-state index contributed by atoms with van der Waals surface area (Å²) in [6, 6.07) is 8.45. The smallest absolute Gasteiger partial charge is 0.369 e. The van der Waals surface area contributed by atoms with E-state index in [1.165, 1.54) is 43.5 Å². The van der Waals surface area contributed by atoms with Crippen molar-refractivity contribution in [1.29, 1.82) is 0 Å². The van der Waals surface area contributed by atoms with Crippen LogP contribution in [0.25, 0.3) is 0 Å². The first-order valence-corrected chi connectivity index (χ1v) is 12.3.